The van der Waals surface area contributed by atoms with Crippen LogP contribution in [0.3, 0.4) is 0 Å². The highest BCUT2D eigenvalue weighted by atomic mass is 32.1. The topological polar surface area (TPSA) is 62.1 Å². The number of rotatable bonds is 3. The molecule has 0 aliphatic rings. The molecule has 0 aliphatic heterocycles. The summed E-state index contributed by atoms with van der Waals surface area (Å²) in [6.45, 7) is 0.406. The number of amides is 2. The quantitative estimate of drug-likeness (QED) is 0.720. The summed E-state index contributed by atoms with van der Waals surface area (Å²) in [7, 11) is 0. The van der Waals surface area contributed by atoms with Crippen LogP contribution in [0.4, 0.5) is 9.18 Å². The molecule has 17 heavy (non-hydrogen) atoms. The summed E-state index contributed by atoms with van der Waals surface area (Å²) >= 11 is 3.94. The second-order valence-corrected chi connectivity index (χ2v) is 4.20. The van der Waals surface area contributed by atoms with Gasteiger partial charge in [-0.25, -0.2) is 9.18 Å². The maximum absolute atomic E-state index is 13.0. The third-order valence-corrected chi connectivity index (χ3v) is 2.97. The molecule has 0 atom stereocenters. The van der Waals surface area contributed by atoms with E-state index in [0.29, 0.717) is 13.0 Å². The number of H-pyrrole nitrogens is 1. The third kappa shape index (κ3) is 2.52. The monoisotopic (exact) mass is 253 g/mol. The fourth-order valence-corrected chi connectivity index (χ4v) is 1.80. The van der Waals surface area contributed by atoms with Crippen LogP contribution in [0.5, 0.6) is 0 Å². The smallest absolute Gasteiger partial charge is 0.324 e. The highest BCUT2D eigenvalue weighted by Gasteiger charge is 2.08. The maximum atomic E-state index is 13.0. The van der Waals surface area contributed by atoms with E-state index >= 15 is 0 Å². The zero-order valence-electron chi connectivity index (χ0n) is 8.98. The van der Waals surface area contributed by atoms with Crippen molar-refractivity contribution >= 4 is 29.7 Å². The predicted octanol–water partition coefficient (Wildman–Crippen LogP) is 2.08. The van der Waals surface area contributed by atoms with Gasteiger partial charge in [-0.2, -0.15) is 0 Å². The Kier molecular flexibility index (Phi) is 3.23. The van der Waals surface area contributed by atoms with Crippen LogP contribution in [0, 0.1) is 5.82 Å². The van der Waals surface area contributed by atoms with Crippen molar-refractivity contribution < 1.29 is 9.18 Å². The number of nitrogens with one attached hydrogen (secondary N) is 1. The second kappa shape index (κ2) is 4.67. The number of urea groups is 1. The van der Waals surface area contributed by atoms with Gasteiger partial charge >= 0.3 is 6.03 Å². The molecule has 2 amide bonds. The first kappa shape index (κ1) is 11.8. The summed E-state index contributed by atoms with van der Waals surface area (Å²) in [6, 6.07) is 3.97. The predicted molar refractivity (Wildman–Crippen MR) is 67.2 cm³/mol. The average Bonchev–Trinajstić information content (AvgIpc) is 2.67. The summed E-state index contributed by atoms with van der Waals surface area (Å²) in [6.07, 6.45) is 2.41. The van der Waals surface area contributed by atoms with Crippen LogP contribution >= 0.6 is 12.8 Å². The number of fused-ring (bicyclic) bond motifs is 1. The minimum Gasteiger partial charge on any atom is -0.361 e. The number of hydrogen-bond donors (Lipinski definition) is 3. The molecule has 3 N–H and O–H groups in total. The van der Waals surface area contributed by atoms with E-state index in [2.05, 4.69) is 17.8 Å². The van der Waals surface area contributed by atoms with E-state index in [4.69, 9.17) is 5.73 Å². The van der Waals surface area contributed by atoms with E-state index in [1.54, 1.807) is 12.3 Å². The Morgan fingerprint density at radius 3 is 3.00 bits per heavy atom. The molecule has 2 rings (SSSR count). The van der Waals surface area contributed by atoms with Crippen molar-refractivity contribution in [2.75, 3.05) is 6.54 Å². The standard InChI is InChI=1S/C11H12FN3OS/c12-8-1-2-9-7(6-14-10(9)5-8)3-4-15(17)11(13)16/h1-2,5-6,14,17H,3-4H2,(H2,13,16). The van der Waals surface area contributed by atoms with E-state index in [9.17, 15) is 9.18 Å². The van der Waals surface area contributed by atoms with Gasteiger partial charge in [-0.3, -0.25) is 4.31 Å². The van der Waals surface area contributed by atoms with Gasteiger partial charge in [0.25, 0.3) is 0 Å². The van der Waals surface area contributed by atoms with Crippen molar-refractivity contribution in [3.8, 4) is 0 Å². The van der Waals surface area contributed by atoms with Crippen molar-refractivity contribution in [3.05, 3.63) is 35.8 Å². The molecule has 1 aromatic carbocycles. The van der Waals surface area contributed by atoms with Crippen LogP contribution in [0.2, 0.25) is 0 Å². The number of primary amides is 1. The lowest BCUT2D eigenvalue weighted by Crippen LogP contribution is -2.29. The van der Waals surface area contributed by atoms with Crippen molar-refractivity contribution in [1.82, 2.24) is 9.29 Å². The molecule has 1 aromatic heterocycles. The van der Waals surface area contributed by atoms with Crippen LogP contribution in [-0.2, 0) is 6.42 Å². The van der Waals surface area contributed by atoms with E-state index in [1.165, 1.54) is 12.1 Å². The number of hydrogen-bond acceptors (Lipinski definition) is 2. The lowest BCUT2D eigenvalue weighted by molar-refractivity contribution is 0.235. The third-order valence-electron chi connectivity index (χ3n) is 2.58. The first-order valence-electron chi connectivity index (χ1n) is 5.09. The fourth-order valence-electron chi connectivity index (χ4n) is 1.70. The van der Waals surface area contributed by atoms with Crippen molar-refractivity contribution in [3.63, 3.8) is 0 Å². The van der Waals surface area contributed by atoms with Crippen molar-refractivity contribution in [2.24, 2.45) is 5.73 Å². The van der Waals surface area contributed by atoms with Crippen LogP contribution in [0.1, 0.15) is 5.56 Å². The Morgan fingerprint density at radius 2 is 2.29 bits per heavy atom. The number of nitrogens with zero attached hydrogens (tertiary/aromatic N) is 1. The molecule has 90 valence electrons. The molecule has 6 heteroatoms. The van der Waals surface area contributed by atoms with Gasteiger partial charge in [0.05, 0.1) is 0 Å². The molecule has 0 saturated heterocycles. The largest absolute Gasteiger partial charge is 0.361 e. The lowest BCUT2D eigenvalue weighted by atomic mass is 10.1. The van der Waals surface area contributed by atoms with Crippen LogP contribution in [0.15, 0.2) is 24.4 Å². The van der Waals surface area contributed by atoms with Crippen LogP contribution < -0.4 is 5.73 Å². The molecule has 0 fully saturated rings. The number of aromatic amines is 1. The van der Waals surface area contributed by atoms with Gasteiger partial charge in [0.15, 0.2) is 0 Å². The zero-order valence-corrected chi connectivity index (χ0v) is 9.88. The molecule has 2 aromatic rings. The average molecular weight is 253 g/mol. The molecule has 4 nitrogen and oxygen atoms in total. The summed E-state index contributed by atoms with van der Waals surface area (Å²) in [5.74, 6) is -0.279. The minimum absolute atomic E-state index is 0.279. The molecule has 0 aliphatic carbocycles. The Morgan fingerprint density at radius 1 is 1.53 bits per heavy atom. The summed E-state index contributed by atoms with van der Waals surface area (Å²) in [5, 5.41) is 0.942. The van der Waals surface area contributed by atoms with E-state index < -0.39 is 6.03 Å². The Bertz CT molecular complexity index is 555. The van der Waals surface area contributed by atoms with Gasteiger partial charge in [0.1, 0.15) is 5.82 Å². The van der Waals surface area contributed by atoms with E-state index in [1.807, 2.05) is 0 Å². The lowest BCUT2D eigenvalue weighted by Gasteiger charge is -2.11. The number of aromatic nitrogens is 1. The summed E-state index contributed by atoms with van der Waals surface area (Å²) < 4.78 is 14.1. The highest BCUT2D eigenvalue weighted by Crippen LogP contribution is 2.19. The van der Waals surface area contributed by atoms with Crippen molar-refractivity contribution in [1.29, 1.82) is 0 Å². The molecule has 0 spiro atoms. The number of carbonyl (C=O) groups is 1. The van der Waals surface area contributed by atoms with Gasteiger partial charge in [0, 0.05) is 23.6 Å². The van der Waals surface area contributed by atoms with E-state index in [-0.39, 0.29) is 5.82 Å². The fraction of sp³-hybridized carbons (Fsp3) is 0.182. The van der Waals surface area contributed by atoms with Gasteiger partial charge < -0.3 is 10.7 Å². The van der Waals surface area contributed by atoms with Crippen molar-refractivity contribution in [2.45, 2.75) is 6.42 Å². The number of halogens is 1. The first-order chi connectivity index (χ1) is 8.08. The Hall–Kier alpha value is -1.69. The Labute approximate surface area is 103 Å². The zero-order chi connectivity index (χ0) is 12.4. The summed E-state index contributed by atoms with van der Waals surface area (Å²) in [5.41, 5.74) is 6.80. The Balaban J connectivity index is 2.17. The minimum atomic E-state index is -0.584. The molecular weight excluding hydrogens is 241 g/mol. The second-order valence-electron chi connectivity index (χ2n) is 3.72. The molecular formula is C11H12FN3OS. The molecule has 0 bridgehead atoms. The maximum Gasteiger partial charge on any atom is 0.324 e. The normalized spacial score (nSPS) is 10.7. The van der Waals surface area contributed by atoms with Gasteiger partial charge in [-0.15, -0.1) is 0 Å². The number of thiol groups is 1. The number of nitrogens with two attached hydrogens (primary N) is 1. The SMILES string of the molecule is NC(=O)N(S)CCc1c[nH]c2cc(F)ccc12. The molecule has 1 heterocycles. The number of benzene rings is 1. The van der Waals surface area contributed by atoms with Crippen LogP contribution in [-0.4, -0.2) is 21.9 Å². The molecule has 0 radical (unpaired) electrons. The molecule has 0 saturated carbocycles. The van der Waals surface area contributed by atoms with Gasteiger partial charge in [-0.05, 0) is 30.2 Å². The highest BCUT2D eigenvalue weighted by molar-refractivity contribution is 7.78. The van der Waals surface area contributed by atoms with Gasteiger partial charge in [-0.1, -0.05) is 12.8 Å². The summed E-state index contributed by atoms with van der Waals surface area (Å²) in [4.78, 5) is 13.8. The first-order valence-corrected chi connectivity index (χ1v) is 5.49. The van der Waals surface area contributed by atoms with E-state index in [0.717, 1.165) is 20.8 Å². The van der Waals surface area contributed by atoms with Gasteiger partial charge in [0.2, 0.25) is 0 Å². The van der Waals surface area contributed by atoms with Crippen LogP contribution in [0.25, 0.3) is 10.9 Å². The molecule has 0 unspecified atom stereocenters. The number of carbonyl (C=O) groups excluding carboxylic acids is 1.